The van der Waals surface area contributed by atoms with Crippen molar-refractivity contribution in [2.75, 3.05) is 30.9 Å². The quantitative estimate of drug-likeness (QED) is 0.467. The first-order chi connectivity index (χ1) is 17.9. The molecule has 0 radical (unpaired) electrons. The lowest BCUT2D eigenvalue weighted by Gasteiger charge is -2.30. The lowest BCUT2D eigenvalue weighted by atomic mass is 9.91. The molecule has 0 atom stereocenters. The van der Waals surface area contributed by atoms with Gasteiger partial charge in [0.05, 0.1) is 5.69 Å². The number of carbonyl (C=O) groups excluding carboxylic acids is 1. The average molecular weight is 506 g/mol. The number of para-hydroxylation sites is 1. The number of nitrogens with one attached hydrogen (secondary N) is 2. The first-order valence-electron chi connectivity index (χ1n) is 13.2. The molecule has 2 aliphatic rings. The van der Waals surface area contributed by atoms with Crippen molar-refractivity contribution in [1.29, 1.82) is 0 Å². The van der Waals surface area contributed by atoms with Crippen molar-refractivity contribution in [2.45, 2.75) is 70.4 Å². The van der Waals surface area contributed by atoms with Crippen LogP contribution in [0.1, 0.15) is 55.3 Å². The van der Waals surface area contributed by atoms with Gasteiger partial charge in [0.2, 0.25) is 5.95 Å². The Kier molecular flexibility index (Phi) is 7.30. The number of nitrogens with zero attached hydrogens (tertiary/aromatic N) is 3. The second kappa shape index (κ2) is 10.8. The van der Waals surface area contributed by atoms with Gasteiger partial charge in [0.1, 0.15) is 5.82 Å². The van der Waals surface area contributed by atoms with Gasteiger partial charge in [0.15, 0.2) is 17.9 Å². The number of hydrogen-bond donors (Lipinski definition) is 2. The van der Waals surface area contributed by atoms with E-state index in [-0.39, 0.29) is 24.6 Å². The number of rotatable bonds is 7. The normalized spacial score (nSPS) is 19.2. The van der Waals surface area contributed by atoms with Crippen molar-refractivity contribution in [3.8, 4) is 5.75 Å². The lowest BCUT2D eigenvalue weighted by Crippen LogP contribution is -2.42. The van der Waals surface area contributed by atoms with Gasteiger partial charge in [-0.05, 0) is 69.9 Å². The number of aryl methyl sites for hydroxylation is 2. The highest BCUT2D eigenvalue weighted by Gasteiger charge is 2.25. The van der Waals surface area contributed by atoms with Crippen molar-refractivity contribution in [3.63, 3.8) is 0 Å². The Bertz CT molecular complexity index is 1340. The molecule has 0 saturated heterocycles. The number of carbonyl (C=O) groups is 1. The molecule has 9 nitrogen and oxygen atoms in total. The number of amides is 1. The summed E-state index contributed by atoms with van der Waals surface area (Å²) < 4.78 is 11.1. The first-order valence-corrected chi connectivity index (χ1v) is 13.2. The molecule has 0 bridgehead atoms. The molecule has 9 heteroatoms. The molecule has 5 rings (SSSR count). The fourth-order valence-corrected chi connectivity index (χ4v) is 5.42. The van der Waals surface area contributed by atoms with Crippen LogP contribution < -0.4 is 25.9 Å². The molecule has 0 spiro atoms. The minimum atomic E-state index is -0.436. The van der Waals surface area contributed by atoms with Crippen LogP contribution in [0.5, 0.6) is 5.75 Å². The molecule has 2 N–H and O–H groups in total. The molecule has 1 saturated carbocycles. The van der Waals surface area contributed by atoms with E-state index in [1.165, 1.54) is 30.2 Å². The van der Waals surface area contributed by atoms with E-state index in [9.17, 15) is 9.59 Å². The van der Waals surface area contributed by atoms with Crippen LogP contribution in [0.2, 0.25) is 0 Å². The van der Waals surface area contributed by atoms with Gasteiger partial charge in [-0.1, -0.05) is 12.1 Å². The largest absolute Gasteiger partial charge is 0.480 e. The van der Waals surface area contributed by atoms with Gasteiger partial charge in [0.25, 0.3) is 5.91 Å². The van der Waals surface area contributed by atoms with Gasteiger partial charge in [0, 0.05) is 43.2 Å². The maximum absolute atomic E-state index is 12.6. The second-order valence-electron chi connectivity index (χ2n) is 10.3. The van der Waals surface area contributed by atoms with Gasteiger partial charge in [-0.3, -0.25) is 4.79 Å². The fourth-order valence-electron chi connectivity index (χ4n) is 5.42. The SMILES string of the molecule is Cc1cc(=O)oc2c(OCC(=O)NC3CCC(Nc4nc5c(c(N(C)C)n4)CCCC5)CC3)cccc12. The molecule has 1 aromatic carbocycles. The van der Waals surface area contributed by atoms with Crippen LogP contribution in [0.15, 0.2) is 33.5 Å². The van der Waals surface area contributed by atoms with E-state index in [4.69, 9.17) is 19.1 Å². The Morgan fingerprint density at radius 2 is 1.86 bits per heavy atom. The molecule has 0 aliphatic heterocycles. The summed E-state index contributed by atoms with van der Waals surface area (Å²) in [5.41, 5.74) is 3.21. The molecule has 1 fully saturated rings. The molecule has 196 valence electrons. The summed E-state index contributed by atoms with van der Waals surface area (Å²) in [6.45, 7) is 1.71. The molecule has 2 aliphatic carbocycles. The smallest absolute Gasteiger partial charge is 0.336 e. The van der Waals surface area contributed by atoms with Crippen LogP contribution in [-0.4, -0.2) is 48.7 Å². The zero-order valence-corrected chi connectivity index (χ0v) is 21.8. The number of benzene rings is 1. The van der Waals surface area contributed by atoms with Gasteiger partial charge in [-0.15, -0.1) is 0 Å². The van der Waals surface area contributed by atoms with Gasteiger partial charge in [-0.2, -0.15) is 4.98 Å². The molecule has 37 heavy (non-hydrogen) atoms. The number of ether oxygens (including phenoxy) is 1. The highest BCUT2D eigenvalue weighted by atomic mass is 16.5. The monoisotopic (exact) mass is 505 g/mol. The second-order valence-corrected chi connectivity index (χ2v) is 10.3. The van der Waals surface area contributed by atoms with Gasteiger partial charge in [-0.25, -0.2) is 9.78 Å². The van der Waals surface area contributed by atoms with Crippen molar-refractivity contribution >= 4 is 28.6 Å². The minimum Gasteiger partial charge on any atom is -0.480 e. The summed E-state index contributed by atoms with van der Waals surface area (Å²) in [7, 11) is 4.07. The Morgan fingerprint density at radius 3 is 2.65 bits per heavy atom. The van der Waals surface area contributed by atoms with Crippen molar-refractivity contribution < 1.29 is 13.9 Å². The lowest BCUT2D eigenvalue weighted by molar-refractivity contribution is -0.124. The zero-order valence-electron chi connectivity index (χ0n) is 21.8. The first kappa shape index (κ1) is 25.0. The number of aromatic nitrogens is 2. The zero-order chi connectivity index (χ0) is 25.9. The summed E-state index contributed by atoms with van der Waals surface area (Å²) in [5.74, 6) is 1.94. The van der Waals surface area contributed by atoms with E-state index in [1.807, 2.05) is 33.2 Å². The van der Waals surface area contributed by atoms with E-state index in [0.717, 1.165) is 55.3 Å². The standard InChI is InChI=1S/C28H35N5O4/c1-17-15-25(35)37-26-20(17)8-6-10-23(26)36-16-24(34)29-18-11-13-19(14-12-18)30-28-31-22-9-5-4-7-21(22)27(32-28)33(2)3/h6,8,10,15,18-19H,4-5,7,9,11-14,16H2,1-3H3,(H,29,34)(H,30,31,32). The van der Waals surface area contributed by atoms with Crippen LogP contribution >= 0.6 is 0 Å². The van der Waals surface area contributed by atoms with Crippen LogP contribution in [-0.2, 0) is 17.6 Å². The Morgan fingerprint density at radius 1 is 1.11 bits per heavy atom. The summed E-state index contributed by atoms with van der Waals surface area (Å²) in [5, 5.41) is 7.43. The number of fused-ring (bicyclic) bond motifs is 2. The molecule has 2 heterocycles. The Balaban J connectivity index is 1.13. The Hall–Kier alpha value is -3.62. The van der Waals surface area contributed by atoms with E-state index in [0.29, 0.717) is 17.3 Å². The summed E-state index contributed by atoms with van der Waals surface area (Å²) in [6, 6.07) is 7.22. The third kappa shape index (κ3) is 5.70. The van der Waals surface area contributed by atoms with Gasteiger partial charge >= 0.3 is 5.63 Å². The number of anilines is 2. The van der Waals surface area contributed by atoms with Crippen molar-refractivity contribution in [3.05, 3.63) is 51.5 Å². The van der Waals surface area contributed by atoms with Crippen LogP contribution in [0.3, 0.4) is 0 Å². The Labute approximate surface area is 216 Å². The predicted octanol–water partition coefficient (Wildman–Crippen LogP) is 3.75. The van der Waals surface area contributed by atoms with Crippen LogP contribution in [0.25, 0.3) is 11.0 Å². The van der Waals surface area contributed by atoms with E-state index < -0.39 is 5.63 Å². The molecule has 0 unspecified atom stereocenters. The predicted molar refractivity (Wildman–Crippen MR) is 144 cm³/mol. The highest BCUT2D eigenvalue weighted by molar-refractivity contribution is 5.86. The molecular formula is C28H35N5O4. The number of hydrogen-bond acceptors (Lipinski definition) is 8. The molecule has 3 aromatic rings. The average Bonchev–Trinajstić information content (AvgIpc) is 2.88. The van der Waals surface area contributed by atoms with Gasteiger partial charge < -0.3 is 24.7 Å². The van der Waals surface area contributed by atoms with E-state index in [1.54, 1.807) is 6.07 Å². The van der Waals surface area contributed by atoms with Crippen LogP contribution in [0.4, 0.5) is 11.8 Å². The third-order valence-corrected chi connectivity index (χ3v) is 7.31. The minimum absolute atomic E-state index is 0.101. The fraction of sp³-hybridized carbons (Fsp3) is 0.500. The molecular weight excluding hydrogens is 470 g/mol. The summed E-state index contributed by atoms with van der Waals surface area (Å²) >= 11 is 0. The molecule has 1 amide bonds. The maximum atomic E-state index is 12.6. The van der Waals surface area contributed by atoms with E-state index >= 15 is 0 Å². The summed E-state index contributed by atoms with van der Waals surface area (Å²) in [4.78, 5) is 36.1. The topological polar surface area (TPSA) is 110 Å². The maximum Gasteiger partial charge on any atom is 0.336 e. The summed E-state index contributed by atoms with van der Waals surface area (Å²) in [6.07, 6.45) is 8.04. The molecule has 2 aromatic heterocycles. The van der Waals surface area contributed by atoms with E-state index in [2.05, 4.69) is 15.5 Å². The third-order valence-electron chi connectivity index (χ3n) is 7.31. The van der Waals surface area contributed by atoms with Crippen LogP contribution in [0, 0.1) is 6.92 Å². The van der Waals surface area contributed by atoms with Crippen molar-refractivity contribution in [1.82, 2.24) is 15.3 Å². The van der Waals surface area contributed by atoms with Crippen molar-refractivity contribution in [2.24, 2.45) is 0 Å². The highest BCUT2D eigenvalue weighted by Crippen LogP contribution is 2.30.